The molecule has 0 unspecified atom stereocenters. The summed E-state index contributed by atoms with van der Waals surface area (Å²) in [5.41, 5.74) is 2.06. The molecule has 0 saturated carbocycles. The first kappa shape index (κ1) is 13.8. The molecule has 0 fully saturated rings. The van der Waals surface area contributed by atoms with E-state index < -0.39 is 0 Å². The summed E-state index contributed by atoms with van der Waals surface area (Å²) in [6.07, 6.45) is 0. The monoisotopic (exact) mass is 297 g/mol. The van der Waals surface area contributed by atoms with Gasteiger partial charge in [-0.05, 0) is 23.6 Å². The normalized spacial score (nSPS) is 10.6. The Morgan fingerprint density at radius 1 is 0.952 bits per heavy atom. The van der Waals surface area contributed by atoms with Crippen molar-refractivity contribution in [2.75, 3.05) is 12.4 Å². The van der Waals surface area contributed by atoms with Crippen LogP contribution in [0.2, 0.25) is 5.02 Å². The Labute approximate surface area is 129 Å². The number of anilines is 1. The van der Waals surface area contributed by atoms with Gasteiger partial charge >= 0.3 is 0 Å². The summed E-state index contributed by atoms with van der Waals surface area (Å²) in [5.74, 6) is 0.801. The maximum atomic E-state index is 6.27. The minimum absolute atomic E-state index is 0.622. The van der Waals surface area contributed by atoms with E-state index in [9.17, 15) is 0 Å². The summed E-state index contributed by atoms with van der Waals surface area (Å²) in [6, 6.07) is 20.2. The maximum Gasteiger partial charge on any atom is 0.125 e. The summed E-state index contributed by atoms with van der Waals surface area (Å²) in [7, 11) is 1.66. The topological polar surface area (TPSA) is 21.3 Å². The highest BCUT2D eigenvalue weighted by Gasteiger charge is 2.08. The second kappa shape index (κ2) is 6.06. The van der Waals surface area contributed by atoms with Crippen molar-refractivity contribution < 1.29 is 4.74 Å². The molecule has 2 nitrogen and oxygen atoms in total. The van der Waals surface area contributed by atoms with E-state index in [-0.39, 0.29) is 0 Å². The fraction of sp³-hybridized carbons (Fsp3) is 0.111. The fourth-order valence-electron chi connectivity index (χ4n) is 2.46. The van der Waals surface area contributed by atoms with Crippen molar-refractivity contribution in [2.24, 2.45) is 0 Å². The Kier molecular flexibility index (Phi) is 3.98. The molecular weight excluding hydrogens is 282 g/mol. The van der Waals surface area contributed by atoms with Crippen molar-refractivity contribution in [3.05, 3.63) is 71.2 Å². The molecule has 0 aliphatic heterocycles. The number of hydrogen-bond acceptors (Lipinski definition) is 2. The van der Waals surface area contributed by atoms with Gasteiger partial charge in [-0.15, -0.1) is 0 Å². The molecule has 3 aromatic carbocycles. The smallest absolute Gasteiger partial charge is 0.125 e. The number of methoxy groups -OCH3 is 1. The summed E-state index contributed by atoms with van der Waals surface area (Å²) in [6.45, 7) is 0.622. The Bertz CT molecular complexity index is 765. The lowest BCUT2D eigenvalue weighted by Gasteiger charge is -2.13. The predicted octanol–water partition coefficient (Wildman–Crippen LogP) is 5.11. The van der Waals surface area contributed by atoms with E-state index in [1.807, 2.05) is 30.3 Å². The number of ether oxygens (including phenoxy) is 1. The number of nitrogens with one attached hydrogen (secondary N) is 1. The number of fused-ring (bicyclic) bond motifs is 1. The molecule has 0 bridgehead atoms. The van der Waals surface area contributed by atoms with Crippen molar-refractivity contribution in [3.8, 4) is 5.75 Å². The Hall–Kier alpha value is -2.19. The molecule has 3 rings (SSSR count). The fourth-order valence-corrected chi connectivity index (χ4v) is 2.70. The largest absolute Gasteiger partial charge is 0.496 e. The highest BCUT2D eigenvalue weighted by Crippen LogP contribution is 2.29. The van der Waals surface area contributed by atoms with Gasteiger partial charge in [0.15, 0.2) is 0 Å². The van der Waals surface area contributed by atoms with E-state index in [4.69, 9.17) is 16.3 Å². The molecule has 0 heterocycles. The second-order valence-electron chi connectivity index (χ2n) is 4.80. The van der Waals surface area contributed by atoms with Gasteiger partial charge in [-0.1, -0.05) is 54.1 Å². The molecule has 0 spiro atoms. The zero-order chi connectivity index (χ0) is 14.7. The SMILES string of the molecule is COc1cccc(Cl)c1CNc1cccc2ccccc12. The van der Waals surface area contributed by atoms with Gasteiger partial charge in [-0.2, -0.15) is 0 Å². The summed E-state index contributed by atoms with van der Waals surface area (Å²) in [4.78, 5) is 0. The highest BCUT2D eigenvalue weighted by molar-refractivity contribution is 6.31. The molecule has 0 atom stereocenters. The van der Waals surface area contributed by atoms with Crippen molar-refractivity contribution in [1.82, 2.24) is 0 Å². The van der Waals surface area contributed by atoms with Gasteiger partial charge in [-0.25, -0.2) is 0 Å². The predicted molar refractivity (Wildman–Crippen MR) is 89.3 cm³/mol. The van der Waals surface area contributed by atoms with Crippen molar-refractivity contribution in [3.63, 3.8) is 0 Å². The van der Waals surface area contributed by atoms with Gasteiger partial charge < -0.3 is 10.1 Å². The van der Waals surface area contributed by atoms with E-state index >= 15 is 0 Å². The third kappa shape index (κ3) is 2.81. The van der Waals surface area contributed by atoms with E-state index in [0.29, 0.717) is 11.6 Å². The molecule has 21 heavy (non-hydrogen) atoms. The molecule has 0 aliphatic rings. The Morgan fingerprint density at radius 2 is 1.71 bits per heavy atom. The Balaban J connectivity index is 1.91. The first-order chi connectivity index (χ1) is 10.3. The number of halogens is 1. The summed E-state index contributed by atoms with van der Waals surface area (Å²) >= 11 is 6.27. The van der Waals surface area contributed by atoms with Gasteiger partial charge in [0.2, 0.25) is 0 Å². The Morgan fingerprint density at radius 3 is 2.57 bits per heavy atom. The van der Waals surface area contributed by atoms with Gasteiger partial charge in [0.05, 0.1) is 7.11 Å². The second-order valence-corrected chi connectivity index (χ2v) is 5.21. The molecule has 3 aromatic rings. The lowest BCUT2D eigenvalue weighted by atomic mass is 10.1. The van der Waals surface area contributed by atoms with Crippen molar-refractivity contribution in [1.29, 1.82) is 0 Å². The first-order valence-electron chi connectivity index (χ1n) is 6.82. The van der Waals surface area contributed by atoms with Crippen LogP contribution in [-0.2, 0) is 6.54 Å². The molecule has 106 valence electrons. The molecule has 0 aliphatic carbocycles. The van der Waals surface area contributed by atoms with Crippen LogP contribution in [0.4, 0.5) is 5.69 Å². The van der Waals surface area contributed by atoms with Crippen LogP contribution in [0.25, 0.3) is 10.8 Å². The van der Waals surface area contributed by atoms with Crippen LogP contribution in [0.1, 0.15) is 5.56 Å². The minimum Gasteiger partial charge on any atom is -0.496 e. The van der Waals surface area contributed by atoms with E-state index in [0.717, 1.165) is 17.0 Å². The molecule has 3 heteroatoms. The van der Waals surface area contributed by atoms with E-state index in [1.54, 1.807) is 7.11 Å². The zero-order valence-corrected chi connectivity index (χ0v) is 12.5. The molecule has 0 aromatic heterocycles. The van der Waals surface area contributed by atoms with Crippen LogP contribution in [0.3, 0.4) is 0 Å². The van der Waals surface area contributed by atoms with Gasteiger partial charge in [0.1, 0.15) is 5.75 Å². The number of rotatable bonds is 4. The van der Waals surface area contributed by atoms with Crippen LogP contribution in [0.15, 0.2) is 60.7 Å². The maximum absolute atomic E-state index is 6.27. The third-order valence-corrected chi connectivity index (χ3v) is 3.90. The summed E-state index contributed by atoms with van der Waals surface area (Å²) < 4.78 is 5.38. The first-order valence-corrected chi connectivity index (χ1v) is 7.20. The third-order valence-electron chi connectivity index (χ3n) is 3.54. The average Bonchev–Trinajstić information content (AvgIpc) is 2.53. The summed E-state index contributed by atoms with van der Waals surface area (Å²) in [5, 5.41) is 6.58. The number of benzene rings is 3. The number of hydrogen-bond donors (Lipinski definition) is 1. The van der Waals surface area contributed by atoms with Crippen LogP contribution in [-0.4, -0.2) is 7.11 Å². The van der Waals surface area contributed by atoms with Crippen LogP contribution >= 0.6 is 11.6 Å². The van der Waals surface area contributed by atoms with Crippen LogP contribution in [0.5, 0.6) is 5.75 Å². The van der Waals surface area contributed by atoms with Gasteiger partial charge in [0, 0.05) is 28.2 Å². The lowest BCUT2D eigenvalue weighted by Crippen LogP contribution is -2.03. The van der Waals surface area contributed by atoms with E-state index in [1.165, 1.54) is 10.8 Å². The standard InChI is InChI=1S/C18H16ClNO/c1-21-18-11-5-9-16(19)15(18)12-20-17-10-4-7-13-6-2-3-8-14(13)17/h2-11,20H,12H2,1H3. The van der Waals surface area contributed by atoms with Crippen molar-refractivity contribution >= 4 is 28.1 Å². The van der Waals surface area contributed by atoms with E-state index in [2.05, 4.69) is 35.6 Å². The molecule has 1 N–H and O–H groups in total. The quantitative estimate of drug-likeness (QED) is 0.722. The minimum atomic E-state index is 0.622. The molecule has 0 saturated heterocycles. The molecule has 0 amide bonds. The van der Waals surface area contributed by atoms with Crippen molar-refractivity contribution in [2.45, 2.75) is 6.54 Å². The lowest BCUT2D eigenvalue weighted by molar-refractivity contribution is 0.410. The average molecular weight is 298 g/mol. The van der Waals surface area contributed by atoms with Crippen LogP contribution in [0, 0.1) is 0 Å². The highest BCUT2D eigenvalue weighted by atomic mass is 35.5. The molecule has 0 radical (unpaired) electrons. The zero-order valence-electron chi connectivity index (χ0n) is 11.8. The molecular formula is C18H16ClNO. The van der Waals surface area contributed by atoms with Gasteiger partial charge in [-0.3, -0.25) is 0 Å². The van der Waals surface area contributed by atoms with Gasteiger partial charge in [0.25, 0.3) is 0 Å². The van der Waals surface area contributed by atoms with Crippen LogP contribution < -0.4 is 10.1 Å².